The lowest BCUT2D eigenvalue weighted by molar-refractivity contribution is -0.156. The number of unbranched alkanes of at least 4 members (excludes halogenated alkanes) is 1. The Labute approximate surface area is 215 Å². The first-order chi connectivity index (χ1) is 16.8. The van der Waals surface area contributed by atoms with Gasteiger partial charge in [-0.2, -0.15) is 0 Å². The summed E-state index contributed by atoms with van der Waals surface area (Å²) in [6.45, 7) is 18.3. The topological polar surface area (TPSA) is 96.4 Å². The number of allylic oxidation sites excluding steroid dienone is 1. The van der Waals surface area contributed by atoms with Crippen LogP contribution in [0.2, 0.25) is 0 Å². The van der Waals surface area contributed by atoms with Crippen molar-refractivity contribution in [2.45, 2.75) is 90.0 Å². The second-order valence-corrected chi connectivity index (χ2v) is 12.2. The number of rotatable bonds is 12. The molecule has 3 fully saturated rings. The van der Waals surface area contributed by atoms with E-state index in [0.717, 1.165) is 12.8 Å². The number of fused-ring (bicyclic) bond motifs is 1. The van der Waals surface area contributed by atoms with Gasteiger partial charge in [0.15, 0.2) is 0 Å². The summed E-state index contributed by atoms with van der Waals surface area (Å²) in [6, 6.07) is -0.912. The second-order valence-electron chi connectivity index (χ2n) is 12.2. The van der Waals surface area contributed by atoms with E-state index in [2.05, 4.69) is 33.9 Å². The Morgan fingerprint density at radius 3 is 2.53 bits per heavy atom. The third kappa shape index (κ3) is 5.12. The smallest absolute Gasteiger partial charge is 0.312 e. The van der Waals surface area contributed by atoms with E-state index in [1.807, 2.05) is 13.8 Å². The molecule has 3 aliphatic rings. The minimum absolute atomic E-state index is 0.00421. The highest BCUT2D eigenvalue weighted by molar-refractivity contribution is 5.98. The highest BCUT2D eigenvalue weighted by Crippen LogP contribution is 2.59. The minimum atomic E-state index is -1.10. The maximum absolute atomic E-state index is 14.3. The number of carbonyl (C=O) groups is 3. The van der Waals surface area contributed by atoms with Gasteiger partial charge in [-0.15, -0.1) is 13.2 Å². The van der Waals surface area contributed by atoms with Gasteiger partial charge in [-0.3, -0.25) is 14.4 Å². The summed E-state index contributed by atoms with van der Waals surface area (Å²) in [5.74, 6) is -2.53. The summed E-state index contributed by atoms with van der Waals surface area (Å²) in [4.78, 5) is 44.4. The predicted octanol–water partition coefficient (Wildman–Crippen LogP) is 3.09. The molecule has 8 heteroatoms. The quantitative estimate of drug-likeness (QED) is 0.249. The maximum atomic E-state index is 14.3. The summed E-state index contributed by atoms with van der Waals surface area (Å²) in [7, 11) is 0. The molecule has 3 aliphatic heterocycles. The fraction of sp³-hybridized carbons (Fsp3) is 0.750. The van der Waals surface area contributed by atoms with E-state index < -0.39 is 41.1 Å². The molecule has 3 heterocycles. The summed E-state index contributed by atoms with van der Waals surface area (Å²) in [5.41, 5.74) is -1.66. The number of ether oxygens (including phenoxy) is 2. The minimum Gasteiger partial charge on any atom is -0.465 e. The summed E-state index contributed by atoms with van der Waals surface area (Å²) < 4.78 is 12.0. The summed E-state index contributed by atoms with van der Waals surface area (Å²) in [6.07, 6.45) is 6.23. The Hall–Kier alpha value is -2.19. The number of carbonyl (C=O) groups excluding carboxylic acids is 3. The van der Waals surface area contributed by atoms with Crippen molar-refractivity contribution in [1.29, 1.82) is 0 Å². The van der Waals surface area contributed by atoms with Crippen LogP contribution in [0.4, 0.5) is 0 Å². The van der Waals surface area contributed by atoms with E-state index in [4.69, 9.17) is 9.47 Å². The molecule has 5 atom stereocenters. The molecular weight excluding hydrogens is 460 g/mol. The van der Waals surface area contributed by atoms with Crippen molar-refractivity contribution in [2.75, 3.05) is 26.3 Å². The Bertz CT molecular complexity index is 878. The molecule has 202 valence electrons. The van der Waals surface area contributed by atoms with Gasteiger partial charge in [-0.25, -0.2) is 0 Å². The molecule has 0 radical (unpaired) electrons. The van der Waals surface area contributed by atoms with Crippen molar-refractivity contribution in [3.05, 3.63) is 25.3 Å². The fourth-order valence-corrected chi connectivity index (χ4v) is 6.85. The van der Waals surface area contributed by atoms with Crippen LogP contribution in [0.25, 0.3) is 0 Å². The number of aliphatic hydroxyl groups excluding tert-OH is 1. The molecule has 0 aromatic carbocycles. The molecule has 2 unspecified atom stereocenters. The number of aliphatic hydroxyl groups is 1. The van der Waals surface area contributed by atoms with Gasteiger partial charge in [0.2, 0.25) is 11.8 Å². The largest absolute Gasteiger partial charge is 0.465 e. The number of esters is 1. The molecule has 3 rings (SSSR count). The van der Waals surface area contributed by atoms with E-state index >= 15 is 0 Å². The second kappa shape index (κ2) is 10.7. The Kier molecular flexibility index (Phi) is 8.40. The van der Waals surface area contributed by atoms with Crippen molar-refractivity contribution in [2.24, 2.45) is 17.3 Å². The van der Waals surface area contributed by atoms with Gasteiger partial charge < -0.3 is 24.4 Å². The molecule has 8 nitrogen and oxygen atoms in total. The van der Waals surface area contributed by atoms with Crippen LogP contribution in [0.15, 0.2) is 25.3 Å². The molecule has 1 N–H and O–H groups in total. The van der Waals surface area contributed by atoms with Crippen LogP contribution in [-0.4, -0.2) is 82.3 Å². The molecule has 0 aromatic rings. The monoisotopic (exact) mass is 504 g/mol. The standard InChI is InChI=1S/C28H44N2O6/c1-8-10-11-17-35-25(34)20-19-12-13-28(36-19)21(20)23(32)29(15-16-31)22(28)24(33)30(14-9-2)27(6,7)18-26(3,4)5/h8-9,19-22,31H,1-2,10-18H2,3-7H3/t19-,20+,21+,22?,28?/m1/s1. The fourth-order valence-electron chi connectivity index (χ4n) is 6.85. The van der Waals surface area contributed by atoms with Crippen LogP contribution in [0.5, 0.6) is 0 Å². The number of amides is 2. The summed E-state index contributed by atoms with van der Waals surface area (Å²) in [5, 5.41) is 9.80. The van der Waals surface area contributed by atoms with Gasteiger partial charge in [-0.1, -0.05) is 32.9 Å². The lowest BCUT2D eigenvalue weighted by Crippen LogP contribution is -2.61. The zero-order valence-corrected chi connectivity index (χ0v) is 22.6. The molecule has 0 aliphatic carbocycles. The van der Waals surface area contributed by atoms with Gasteiger partial charge in [0, 0.05) is 18.6 Å². The van der Waals surface area contributed by atoms with Gasteiger partial charge in [0.1, 0.15) is 11.6 Å². The number of nitrogens with zero attached hydrogens (tertiary/aromatic N) is 2. The first kappa shape index (κ1) is 28.4. The van der Waals surface area contributed by atoms with Gasteiger partial charge in [0.25, 0.3) is 0 Å². The summed E-state index contributed by atoms with van der Waals surface area (Å²) >= 11 is 0. The molecule has 2 amide bonds. The van der Waals surface area contributed by atoms with Crippen molar-refractivity contribution < 1.29 is 29.0 Å². The highest BCUT2D eigenvalue weighted by Gasteiger charge is 2.75. The van der Waals surface area contributed by atoms with Crippen molar-refractivity contribution >= 4 is 17.8 Å². The molecule has 2 bridgehead atoms. The van der Waals surface area contributed by atoms with Crippen molar-refractivity contribution in [3.63, 3.8) is 0 Å². The number of likely N-dealkylation sites (tertiary alicyclic amines) is 1. The van der Waals surface area contributed by atoms with Crippen LogP contribution in [-0.2, 0) is 23.9 Å². The zero-order chi connectivity index (χ0) is 26.9. The van der Waals surface area contributed by atoms with Crippen molar-refractivity contribution in [1.82, 2.24) is 9.80 Å². The molecule has 3 saturated heterocycles. The lowest BCUT2D eigenvalue weighted by Gasteiger charge is -2.45. The highest BCUT2D eigenvalue weighted by atomic mass is 16.6. The van der Waals surface area contributed by atoms with Crippen LogP contribution in [0.3, 0.4) is 0 Å². The Morgan fingerprint density at radius 2 is 1.94 bits per heavy atom. The van der Waals surface area contributed by atoms with Crippen LogP contribution >= 0.6 is 0 Å². The van der Waals surface area contributed by atoms with E-state index in [-0.39, 0.29) is 37.0 Å². The normalized spacial score (nSPS) is 29.3. The average molecular weight is 505 g/mol. The van der Waals surface area contributed by atoms with Gasteiger partial charge in [-0.05, 0) is 51.4 Å². The predicted molar refractivity (Wildman–Crippen MR) is 137 cm³/mol. The van der Waals surface area contributed by atoms with E-state index in [1.165, 1.54) is 4.90 Å². The van der Waals surface area contributed by atoms with Crippen molar-refractivity contribution in [3.8, 4) is 0 Å². The first-order valence-corrected chi connectivity index (χ1v) is 13.1. The third-order valence-electron chi connectivity index (χ3n) is 7.72. The van der Waals surface area contributed by atoms with E-state index in [0.29, 0.717) is 25.8 Å². The number of hydrogen-bond acceptors (Lipinski definition) is 6. The maximum Gasteiger partial charge on any atom is 0.312 e. The van der Waals surface area contributed by atoms with Crippen LogP contribution < -0.4 is 0 Å². The Morgan fingerprint density at radius 1 is 1.25 bits per heavy atom. The SMILES string of the molecule is C=CCCCOC(=O)[C@@H]1[C@H]2C(=O)N(CCO)C(C(=O)N(CC=C)C(C)(C)CC(C)(C)C)C23CC[C@H]1O3. The van der Waals surface area contributed by atoms with E-state index in [9.17, 15) is 19.5 Å². The van der Waals surface area contributed by atoms with Gasteiger partial charge >= 0.3 is 5.97 Å². The van der Waals surface area contributed by atoms with Crippen LogP contribution in [0, 0.1) is 17.3 Å². The average Bonchev–Trinajstić information content (AvgIpc) is 3.41. The van der Waals surface area contributed by atoms with Crippen LogP contribution in [0.1, 0.15) is 66.7 Å². The zero-order valence-electron chi connectivity index (χ0n) is 22.6. The van der Waals surface area contributed by atoms with Gasteiger partial charge in [0.05, 0.1) is 31.2 Å². The number of β-amino-alcohol motifs (C(OH)–C–C–N with tert-alkyl or cyclic N) is 1. The van der Waals surface area contributed by atoms with E-state index in [1.54, 1.807) is 17.1 Å². The number of hydrogen-bond donors (Lipinski definition) is 1. The first-order valence-electron chi connectivity index (χ1n) is 13.1. The molecule has 1 spiro atoms. The molecule has 36 heavy (non-hydrogen) atoms. The molecule has 0 saturated carbocycles. The molecular formula is C28H44N2O6. The molecule has 0 aromatic heterocycles. The third-order valence-corrected chi connectivity index (χ3v) is 7.72. The lowest BCUT2D eigenvalue weighted by atomic mass is 9.70. The Balaban J connectivity index is 1.96.